The fraction of sp³-hybridized carbons (Fsp3) is 0.444. The second-order valence-electron chi connectivity index (χ2n) is 3.02. The van der Waals surface area contributed by atoms with Crippen LogP contribution in [0.5, 0.6) is 0 Å². The molecule has 0 radical (unpaired) electrons. The van der Waals surface area contributed by atoms with Gasteiger partial charge in [-0.1, -0.05) is 0 Å². The number of aromatic nitrogens is 1. The van der Waals surface area contributed by atoms with Gasteiger partial charge >= 0.3 is 5.97 Å². The summed E-state index contributed by atoms with van der Waals surface area (Å²) in [4.78, 5) is 25.6. The Balaban J connectivity index is 2.15. The summed E-state index contributed by atoms with van der Waals surface area (Å²) in [6.45, 7) is 1.60. The molecule has 1 heterocycles. The van der Waals surface area contributed by atoms with Gasteiger partial charge < -0.3 is 10.4 Å². The predicted octanol–water partition coefficient (Wildman–Crippen LogP) is 0.886. The molecule has 0 aromatic carbocycles. The molecule has 16 heavy (non-hydrogen) atoms. The van der Waals surface area contributed by atoms with Crippen molar-refractivity contribution in [1.29, 1.82) is 0 Å². The number of rotatable bonds is 6. The Morgan fingerprint density at radius 2 is 2.38 bits per heavy atom. The van der Waals surface area contributed by atoms with Gasteiger partial charge in [0, 0.05) is 11.1 Å². The molecular weight excluding hydrogens is 248 g/mol. The van der Waals surface area contributed by atoms with Crippen LogP contribution in [0.2, 0.25) is 0 Å². The van der Waals surface area contributed by atoms with Crippen LogP contribution in [0.3, 0.4) is 0 Å². The van der Waals surface area contributed by atoms with E-state index in [4.69, 9.17) is 5.11 Å². The van der Waals surface area contributed by atoms with E-state index in [0.717, 1.165) is 10.7 Å². The second-order valence-corrected chi connectivity index (χ2v) is 5.07. The maximum Gasteiger partial charge on any atom is 0.322 e. The van der Waals surface area contributed by atoms with E-state index in [9.17, 15) is 9.59 Å². The monoisotopic (exact) mass is 260 g/mol. The van der Waals surface area contributed by atoms with Crippen molar-refractivity contribution in [1.82, 2.24) is 10.3 Å². The number of hydrogen-bond donors (Lipinski definition) is 2. The number of carbonyl (C=O) groups is 2. The maximum absolute atomic E-state index is 11.1. The van der Waals surface area contributed by atoms with E-state index in [0.29, 0.717) is 5.75 Å². The molecule has 7 heteroatoms. The molecule has 0 fully saturated rings. The van der Waals surface area contributed by atoms with Crippen LogP contribution in [0.4, 0.5) is 0 Å². The molecule has 0 aliphatic carbocycles. The molecule has 0 aliphatic rings. The summed E-state index contributed by atoms with van der Waals surface area (Å²) in [7, 11) is 0. The van der Waals surface area contributed by atoms with E-state index in [-0.39, 0.29) is 18.2 Å². The summed E-state index contributed by atoms with van der Waals surface area (Å²) < 4.78 is 0. The minimum absolute atomic E-state index is 0.254. The van der Waals surface area contributed by atoms with Crippen molar-refractivity contribution >= 4 is 35.0 Å². The van der Waals surface area contributed by atoms with Crippen LogP contribution in [-0.2, 0) is 15.3 Å². The third-order valence-electron chi connectivity index (χ3n) is 1.59. The highest BCUT2D eigenvalue weighted by molar-refractivity contribution is 7.99. The molecule has 1 aromatic rings. The van der Waals surface area contributed by atoms with Crippen molar-refractivity contribution in [2.24, 2.45) is 0 Å². The topological polar surface area (TPSA) is 79.3 Å². The van der Waals surface area contributed by atoms with Crippen molar-refractivity contribution in [3.05, 3.63) is 16.1 Å². The number of thiazole rings is 1. The molecule has 1 amide bonds. The molecular formula is C9H12N2O3S2. The molecule has 0 bridgehead atoms. The lowest BCUT2D eigenvalue weighted by atomic mass is 10.6. The van der Waals surface area contributed by atoms with Crippen LogP contribution in [0, 0.1) is 6.92 Å². The van der Waals surface area contributed by atoms with Gasteiger partial charge in [-0.15, -0.1) is 23.1 Å². The predicted molar refractivity (Wildman–Crippen MR) is 63.7 cm³/mol. The Labute approximate surface area is 101 Å². The molecule has 1 aromatic heterocycles. The summed E-state index contributed by atoms with van der Waals surface area (Å²) in [5.41, 5.74) is 0.957. The summed E-state index contributed by atoms with van der Waals surface area (Å²) in [6, 6.07) is 0. The average Bonchev–Trinajstić information content (AvgIpc) is 2.61. The fourth-order valence-electron chi connectivity index (χ4n) is 0.948. The number of nitrogens with zero attached hydrogens (tertiary/aromatic N) is 1. The lowest BCUT2D eigenvalue weighted by Gasteiger charge is -2.00. The van der Waals surface area contributed by atoms with Gasteiger partial charge in [0.15, 0.2) is 0 Å². The number of amides is 1. The fourth-order valence-corrected chi connectivity index (χ4v) is 2.41. The smallest absolute Gasteiger partial charge is 0.322 e. The highest BCUT2D eigenvalue weighted by Crippen LogP contribution is 2.14. The quantitative estimate of drug-likeness (QED) is 0.794. The van der Waals surface area contributed by atoms with Crippen molar-refractivity contribution < 1.29 is 14.7 Å². The van der Waals surface area contributed by atoms with Gasteiger partial charge in [0.25, 0.3) is 0 Å². The largest absolute Gasteiger partial charge is 0.480 e. The number of carboxylic acid groups (broad SMARTS) is 1. The third-order valence-corrected chi connectivity index (χ3v) is 3.37. The SMILES string of the molecule is Cc1nc(CSCC(=O)NCC(=O)O)cs1. The van der Waals surface area contributed by atoms with Gasteiger partial charge in [-0.05, 0) is 6.92 Å². The first-order valence-electron chi connectivity index (χ1n) is 4.55. The molecule has 0 saturated carbocycles. The summed E-state index contributed by atoms with van der Waals surface area (Å²) in [5.74, 6) is -0.373. The molecule has 5 nitrogen and oxygen atoms in total. The highest BCUT2D eigenvalue weighted by atomic mass is 32.2. The molecule has 1 rings (SSSR count). The van der Waals surface area contributed by atoms with E-state index in [1.807, 2.05) is 12.3 Å². The zero-order valence-electron chi connectivity index (χ0n) is 8.73. The zero-order valence-corrected chi connectivity index (χ0v) is 10.4. The van der Waals surface area contributed by atoms with Crippen LogP contribution in [0.1, 0.15) is 10.7 Å². The normalized spacial score (nSPS) is 10.1. The van der Waals surface area contributed by atoms with Crippen molar-refractivity contribution in [3.8, 4) is 0 Å². The first-order chi connectivity index (χ1) is 7.58. The number of carboxylic acids is 1. The molecule has 0 saturated heterocycles. The lowest BCUT2D eigenvalue weighted by molar-refractivity contribution is -0.137. The summed E-state index contributed by atoms with van der Waals surface area (Å²) in [6.07, 6.45) is 0. The lowest BCUT2D eigenvalue weighted by Crippen LogP contribution is -2.30. The van der Waals surface area contributed by atoms with Crippen molar-refractivity contribution in [2.45, 2.75) is 12.7 Å². The minimum atomic E-state index is -1.03. The molecule has 0 atom stereocenters. The zero-order chi connectivity index (χ0) is 12.0. The van der Waals surface area contributed by atoms with Gasteiger partial charge in [-0.2, -0.15) is 0 Å². The van der Waals surface area contributed by atoms with Gasteiger partial charge in [0.1, 0.15) is 6.54 Å². The molecule has 0 unspecified atom stereocenters. The van der Waals surface area contributed by atoms with E-state index in [2.05, 4.69) is 10.3 Å². The number of carbonyl (C=O) groups excluding carboxylic acids is 1. The molecule has 2 N–H and O–H groups in total. The van der Waals surface area contributed by atoms with Gasteiger partial charge in [-0.3, -0.25) is 9.59 Å². The highest BCUT2D eigenvalue weighted by Gasteiger charge is 2.05. The van der Waals surface area contributed by atoms with Crippen molar-refractivity contribution in [2.75, 3.05) is 12.3 Å². The number of nitrogens with one attached hydrogen (secondary N) is 1. The van der Waals surface area contributed by atoms with Gasteiger partial charge in [-0.25, -0.2) is 4.98 Å². The summed E-state index contributed by atoms with van der Waals surface area (Å²) >= 11 is 2.99. The molecule has 0 spiro atoms. The van der Waals surface area contributed by atoms with Crippen LogP contribution in [-0.4, -0.2) is 34.3 Å². The van der Waals surface area contributed by atoms with Gasteiger partial charge in [0.2, 0.25) is 5.91 Å². The molecule has 88 valence electrons. The summed E-state index contributed by atoms with van der Waals surface area (Å²) in [5, 5.41) is 13.6. The van der Waals surface area contributed by atoms with E-state index in [1.165, 1.54) is 11.8 Å². The Morgan fingerprint density at radius 3 is 2.94 bits per heavy atom. The second kappa shape index (κ2) is 6.49. The number of thioether (sulfide) groups is 1. The Bertz CT molecular complexity index is 379. The van der Waals surface area contributed by atoms with Crippen LogP contribution in [0.15, 0.2) is 5.38 Å². The number of aliphatic carboxylic acids is 1. The maximum atomic E-state index is 11.1. The minimum Gasteiger partial charge on any atom is -0.480 e. The van der Waals surface area contributed by atoms with E-state index >= 15 is 0 Å². The standard InChI is InChI=1S/C9H12N2O3S2/c1-6-11-7(4-16-6)3-15-5-8(12)10-2-9(13)14/h4H,2-3,5H2,1H3,(H,10,12)(H,13,14). The van der Waals surface area contributed by atoms with Gasteiger partial charge in [0.05, 0.1) is 16.5 Å². The van der Waals surface area contributed by atoms with E-state index < -0.39 is 5.97 Å². The van der Waals surface area contributed by atoms with Crippen LogP contribution in [0.25, 0.3) is 0 Å². The first kappa shape index (κ1) is 13.0. The van der Waals surface area contributed by atoms with Crippen LogP contribution < -0.4 is 5.32 Å². The number of aryl methyl sites for hydroxylation is 1. The number of hydrogen-bond acceptors (Lipinski definition) is 5. The Hall–Kier alpha value is -1.08. The van der Waals surface area contributed by atoms with E-state index in [1.54, 1.807) is 11.3 Å². The third kappa shape index (κ3) is 5.13. The Morgan fingerprint density at radius 1 is 1.62 bits per heavy atom. The Kier molecular flexibility index (Phi) is 5.27. The first-order valence-corrected chi connectivity index (χ1v) is 6.58. The van der Waals surface area contributed by atoms with Crippen LogP contribution >= 0.6 is 23.1 Å². The molecule has 0 aliphatic heterocycles. The average molecular weight is 260 g/mol. The van der Waals surface area contributed by atoms with Crippen molar-refractivity contribution in [3.63, 3.8) is 0 Å².